The number of carboxylic acid groups (broad SMARTS) is 1. The Balaban J connectivity index is 2.99. The van der Waals surface area contributed by atoms with Gasteiger partial charge in [-0.05, 0) is 32.1 Å². The molecule has 1 rings (SSSR count). The highest BCUT2D eigenvalue weighted by molar-refractivity contribution is 6.46. The highest BCUT2D eigenvalue weighted by Gasteiger charge is 2.52. The van der Waals surface area contributed by atoms with Gasteiger partial charge in [0, 0.05) is 0 Å². The van der Waals surface area contributed by atoms with Crippen molar-refractivity contribution in [1.29, 1.82) is 0 Å². The third-order valence-electron chi connectivity index (χ3n) is 2.97. The standard InChI is InChI=1S/C9H18BNO3/c1-8(2)5-9(3,7(12)13)11(6-8)10(4)14/h14H,5-6H2,1-4H3,(H,12,13)/t9-/m0/s1. The average molecular weight is 199 g/mol. The van der Waals surface area contributed by atoms with Crippen LogP contribution in [0.5, 0.6) is 0 Å². The lowest BCUT2D eigenvalue weighted by Crippen LogP contribution is -2.53. The summed E-state index contributed by atoms with van der Waals surface area (Å²) in [6.45, 7) is 7.96. The first-order chi connectivity index (χ1) is 6.19. The van der Waals surface area contributed by atoms with Gasteiger partial charge in [0.1, 0.15) is 5.54 Å². The molecule has 80 valence electrons. The van der Waals surface area contributed by atoms with Gasteiger partial charge in [0.25, 0.3) is 0 Å². The van der Waals surface area contributed by atoms with E-state index in [1.807, 2.05) is 13.8 Å². The Kier molecular flexibility index (Phi) is 2.67. The molecule has 0 amide bonds. The number of hydrogen-bond acceptors (Lipinski definition) is 3. The number of nitrogens with zero attached hydrogens (tertiary/aromatic N) is 1. The first-order valence-corrected chi connectivity index (χ1v) is 4.87. The van der Waals surface area contributed by atoms with Gasteiger partial charge < -0.3 is 14.9 Å². The second kappa shape index (κ2) is 3.24. The molecule has 1 atom stereocenters. The summed E-state index contributed by atoms with van der Waals surface area (Å²) in [4.78, 5) is 12.8. The first kappa shape index (κ1) is 11.5. The van der Waals surface area contributed by atoms with Gasteiger partial charge in [-0.2, -0.15) is 0 Å². The summed E-state index contributed by atoms with van der Waals surface area (Å²) in [5, 5.41) is 18.7. The van der Waals surface area contributed by atoms with Crippen LogP contribution in [0.2, 0.25) is 6.82 Å². The van der Waals surface area contributed by atoms with Gasteiger partial charge in [0.05, 0.1) is 0 Å². The summed E-state index contributed by atoms with van der Waals surface area (Å²) in [5.74, 6) is -0.857. The minimum absolute atomic E-state index is 0.0515. The van der Waals surface area contributed by atoms with E-state index >= 15 is 0 Å². The Morgan fingerprint density at radius 1 is 1.43 bits per heavy atom. The number of aliphatic carboxylic acids is 1. The zero-order valence-electron chi connectivity index (χ0n) is 9.24. The molecule has 2 N–H and O–H groups in total. The van der Waals surface area contributed by atoms with E-state index in [1.165, 1.54) is 0 Å². The number of hydrogen-bond donors (Lipinski definition) is 2. The fourth-order valence-electron chi connectivity index (χ4n) is 2.47. The van der Waals surface area contributed by atoms with Crippen molar-refractivity contribution in [3.8, 4) is 0 Å². The molecule has 4 nitrogen and oxygen atoms in total. The average Bonchev–Trinajstić information content (AvgIpc) is 2.22. The highest BCUT2D eigenvalue weighted by atomic mass is 16.4. The minimum Gasteiger partial charge on any atom is -0.480 e. The van der Waals surface area contributed by atoms with E-state index in [2.05, 4.69) is 0 Å². The molecular weight excluding hydrogens is 181 g/mol. The zero-order valence-corrected chi connectivity index (χ0v) is 9.24. The maximum atomic E-state index is 11.2. The van der Waals surface area contributed by atoms with Crippen LogP contribution in [0.1, 0.15) is 27.2 Å². The van der Waals surface area contributed by atoms with E-state index in [1.54, 1.807) is 18.6 Å². The summed E-state index contributed by atoms with van der Waals surface area (Å²) >= 11 is 0. The molecule has 1 heterocycles. The van der Waals surface area contributed by atoms with Crippen molar-refractivity contribution in [2.45, 2.75) is 39.6 Å². The second-order valence-corrected chi connectivity index (χ2v) is 5.18. The van der Waals surface area contributed by atoms with Crippen LogP contribution >= 0.6 is 0 Å². The Morgan fingerprint density at radius 2 is 1.93 bits per heavy atom. The Hall–Kier alpha value is -0.545. The van der Waals surface area contributed by atoms with Crippen LogP contribution in [0.3, 0.4) is 0 Å². The van der Waals surface area contributed by atoms with Crippen molar-refractivity contribution in [1.82, 2.24) is 4.81 Å². The van der Waals surface area contributed by atoms with Crippen LogP contribution in [0.4, 0.5) is 0 Å². The molecule has 14 heavy (non-hydrogen) atoms. The van der Waals surface area contributed by atoms with Crippen LogP contribution in [0, 0.1) is 5.41 Å². The van der Waals surface area contributed by atoms with Gasteiger partial charge in [-0.15, -0.1) is 0 Å². The van der Waals surface area contributed by atoms with Gasteiger partial charge in [0.2, 0.25) is 0 Å². The van der Waals surface area contributed by atoms with Crippen molar-refractivity contribution in [3.63, 3.8) is 0 Å². The minimum atomic E-state index is -0.933. The number of rotatable bonds is 2. The smallest absolute Gasteiger partial charge is 0.377 e. The fourth-order valence-corrected chi connectivity index (χ4v) is 2.47. The van der Waals surface area contributed by atoms with Crippen molar-refractivity contribution >= 4 is 13.0 Å². The third kappa shape index (κ3) is 1.79. The lowest BCUT2D eigenvalue weighted by atomic mass is 9.79. The Bertz CT molecular complexity index is 254. The van der Waals surface area contributed by atoms with E-state index in [-0.39, 0.29) is 5.41 Å². The summed E-state index contributed by atoms with van der Waals surface area (Å²) < 4.78 is 0. The van der Waals surface area contributed by atoms with E-state index in [4.69, 9.17) is 0 Å². The third-order valence-corrected chi connectivity index (χ3v) is 2.97. The predicted molar refractivity (Wildman–Crippen MR) is 55.0 cm³/mol. The molecule has 0 aromatic carbocycles. The molecule has 0 aliphatic carbocycles. The predicted octanol–water partition coefficient (Wildman–Crippen LogP) is 0.672. The molecule has 0 bridgehead atoms. The lowest BCUT2D eigenvalue weighted by molar-refractivity contribution is -0.146. The molecule has 0 unspecified atom stereocenters. The quantitative estimate of drug-likeness (QED) is 0.641. The highest BCUT2D eigenvalue weighted by Crippen LogP contribution is 2.41. The van der Waals surface area contributed by atoms with Crippen molar-refractivity contribution < 1.29 is 14.9 Å². The fraction of sp³-hybridized carbons (Fsp3) is 0.889. The van der Waals surface area contributed by atoms with Crippen molar-refractivity contribution in [3.05, 3.63) is 0 Å². The van der Waals surface area contributed by atoms with Crippen LogP contribution in [-0.2, 0) is 4.79 Å². The van der Waals surface area contributed by atoms with E-state index in [9.17, 15) is 14.9 Å². The zero-order chi connectivity index (χ0) is 11.1. The summed E-state index contributed by atoms with van der Waals surface area (Å²) in [7, 11) is -0.710. The summed E-state index contributed by atoms with van der Waals surface area (Å²) in [5.41, 5.74) is -0.984. The number of carboxylic acids is 1. The molecule has 1 aliphatic heterocycles. The molecule has 0 saturated carbocycles. The Morgan fingerprint density at radius 3 is 2.21 bits per heavy atom. The van der Waals surface area contributed by atoms with Crippen molar-refractivity contribution in [2.24, 2.45) is 5.41 Å². The van der Waals surface area contributed by atoms with Gasteiger partial charge >= 0.3 is 13.0 Å². The largest absolute Gasteiger partial charge is 0.480 e. The van der Waals surface area contributed by atoms with Crippen LogP contribution in [0.25, 0.3) is 0 Å². The SMILES string of the molecule is CB(O)N1CC(C)(C)C[C@@]1(C)C(=O)O. The molecular formula is C9H18BNO3. The van der Waals surface area contributed by atoms with Crippen LogP contribution in [-0.4, -0.2) is 40.0 Å². The molecule has 1 saturated heterocycles. The van der Waals surface area contributed by atoms with Gasteiger partial charge in [0.15, 0.2) is 0 Å². The van der Waals surface area contributed by atoms with E-state index in [0.29, 0.717) is 13.0 Å². The summed E-state index contributed by atoms with van der Waals surface area (Å²) in [6.07, 6.45) is 0.570. The van der Waals surface area contributed by atoms with Gasteiger partial charge in [-0.1, -0.05) is 13.8 Å². The Labute approximate surface area is 85.0 Å². The van der Waals surface area contributed by atoms with Crippen LogP contribution in [0.15, 0.2) is 0 Å². The molecule has 0 spiro atoms. The first-order valence-electron chi connectivity index (χ1n) is 4.87. The number of carbonyl (C=O) groups is 1. The monoisotopic (exact) mass is 199 g/mol. The maximum Gasteiger partial charge on any atom is 0.377 e. The lowest BCUT2D eigenvalue weighted by Gasteiger charge is -2.31. The molecule has 5 heteroatoms. The van der Waals surface area contributed by atoms with Crippen molar-refractivity contribution in [2.75, 3.05) is 6.54 Å². The normalized spacial score (nSPS) is 31.8. The molecule has 1 fully saturated rings. The van der Waals surface area contributed by atoms with Gasteiger partial charge in [-0.3, -0.25) is 4.79 Å². The molecule has 0 aromatic rings. The second-order valence-electron chi connectivity index (χ2n) is 5.18. The molecule has 1 aliphatic rings. The van der Waals surface area contributed by atoms with E-state index < -0.39 is 18.6 Å². The molecule has 0 radical (unpaired) electrons. The van der Waals surface area contributed by atoms with E-state index in [0.717, 1.165) is 0 Å². The van der Waals surface area contributed by atoms with Crippen LogP contribution < -0.4 is 0 Å². The molecule has 0 aromatic heterocycles. The summed E-state index contributed by atoms with van der Waals surface area (Å²) in [6, 6.07) is 0. The topological polar surface area (TPSA) is 60.8 Å². The van der Waals surface area contributed by atoms with Gasteiger partial charge in [-0.25, -0.2) is 0 Å². The maximum absolute atomic E-state index is 11.2.